The van der Waals surface area contributed by atoms with Crippen LogP contribution in [-0.4, -0.2) is 86.6 Å². The van der Waals surface area contributed by atoms with Gasteiger partial charge in [-0.25, -0.2) is 13.4 Å². The third kappa shape index (κ3) is 8.79. The van der Waals surface area contributed by atoms with E-state index >= 15 is 0 Å². The summed E-state index contributed by atoms with van der Waals surface area (Å²) in [7, 11) is -0.681. The van der Waals surface area contributed by atoms with Crippen molar-refractivity contribution in [1.82, 2.24) is 14.6 Å². The molecule has 5 atom stereocenters. The van der Waals surface area contributed by atoms with E-state index in [2.05, 4.69) is 23.6 Å². The van der Waals surface area contributed by atoms with Crippen molar-refractivity contribution in [3.05, 3.63) is 23.8 Å². The van der Waals surface area contributed by atoms with Crippen molar-refractivity contribution in [2.45, 2.75) is 134 Å². The number of nitrogens with one attached hydrogen (secondary N) is 1. The number of Topliss-reactive ketones (excluding diaryl/α,β-unsaturated/α-hetero) is 1. The summed E-state index contributed by atoms with van der Waals surface area (Å²) in [5, 5.41) is 0.163. The molecule has 7 rings (SSSR count). The van der Waals surface area contributed by atoms with Gasteiger partial charge in [-0.3, -0.25) is 23.9 Å². The number of rotatable bonds is 5. The Labute approximate surface area is 330 Å². The summed E-state index contributed by atoms with van der Waals surface area (Å²) >= 11 is 0. The number of ether oxygens (including phenoxy) is 4. The average Bonchev–Trinajstić information content (AvgIpc) is 4.09. The lowest BCUT2D eigenvalue weighted by Crippen LogP contribution is -2.46. The summed E-state index contributed by atoms with van der Waals surface area (Å²) in [6, 6.07) is 4.65. The Balaban J connectivity index is 1.26. The lowest BCUT2D eigenvalue weighted by molar-refractivity contribution is -0.152. The number of benzene rings is 1. The minimum Gasteiger partial charge on any atom is -0.496 e. The van der Waals surface area contributed by atoms with Crippen LogP contribution in [0.2, 0.25) is 0 Å². The smallest absolute Gasteiger partial charge is 0.306 e. The number of nitrogens with zero attached hydrogens (tertiary/aromatic N) is 2. The Kier molecular flexibility index (Phi) is 11.6. The van der Waals surface area contributed by atoms with Crippen molar-refractivity contribution in [3.63, 3.8) is 0 Å². The molecule has 306 valence electrons. The lowest BCUT2D eigenvalue weighted by Gasteiger charge is -2.29. The van der Waals surface area contributed by atoms with E-state index in [1.807, 2.05) is 12.1 Å². The van der Waals surface area contributed by atoms with Crippen LogP contribution in [0.5, 0.6) is 17.4 Å². The van der Waals surface area contributed by atoms with Crippen LogP contribution in [0.1, 0.15) is 116 Å². The maximum atomic E-state index is 14.7. The van der Waals surface area contributed by atoms with E-state index in [9.17, 15) is 27.6 Å². The average molecular weight is 796 g/mol. The van der Waals surface area contributed by atoms with E-state index in [-0.39, 0.29) is 55.4 Å². The molecule has 56 heavy (non-hydrogen) atoms. The van der Waals surface area contributed by atoms with Gasteiger partial charge in [0.25, 0.3) is 0 Å². The number of pyridine rings is 1. The first kappa shape index (κ1) is 40.3. The molecule has 2 saturated heterocycles. The number of fused-ring (bicyclic) bond motifs is 4. The van der Waals surface area contributed by atoms with Crippen molar-refractivity contribution in [2.75, 3.05) is 27.4 Å². The SMILES string of the molecule is COc1cc2c3cc(c(OC)cc3n1)CCCC(C)(C)COC(=O)C[C@H]1CCCCCCC[C@H]3C[C@@]3(C(=O)NS(=O)(=O)C3CC3)CC(=O)[C@@H]3C[C@H](CN3C1=O)O2. The van der Waals surface area contributed by atoms with Gasteiger partial charge in [0, 0.05) is 36.3 Å². The quantitative estimate of drug-likeness (QED) is 0.362. The first-order valence-corrected chi connectivity index (χ1v) is 22.0. The van der Waals surface area contributed by atoms with Gasteiger partial charge in [0.05, 0.1) is 56.0 Å². The van der Waals surface area contributed by atoms with Crippen LogP contribution in [0.3, 0.4) is 0 Å². The van der Waals surface area contributed by atoms with Crippen molar-refractivity contribution >= 4 is 44.5 Å². The highest BCUT2D eigenvalue weighted by molar-refractivity contribution is 7.90. The van der Waals surface area contributed by atoms with Crippen molar-refractivity contribution in [2.24, 2.45) is 22.7 Å². The van der Waals surface area contributed by atoms with E-state index in [1.165, 1.54) is 7.11 Å². The molecule has 1 N–H and O–H groups in total. The van der Waals surface area contributed by atoms with Crippen molar-refractivity contribution in [3.8, 4) is 17.4 Å². The number of sulfonamides is 1. The molecule has 0 unspecified atom stereocenters. The number of carbonyl (C=O) groups excluding carboxylic acids is 4. The highest BCUT2D eigenvalue weighted by atomic mass is 32.2. The Morgan fingerprint density at radius 3 is 2.45 bits per heavy atom. The zero-order chi connectivity index (χ0) is 39.8. The van der Waals surface area contributed by atoms with Crippen LogP contribution in [0.15, 0.2) is 18.2 Å². The van der Waals surface area contributed by atoms with E-state index < -0.39 is 50.6 Å². The van der Waals surface area contributed by atoms with Crippen LogP contribution >= 0.6 is 0 Å². The highest BCUT2D eigenvalue weighted by Crippen LogP contribution is 2.59. The zero-order valence-electron chi connectivity index (χ0n) is 33.2. The summed E-state index contributed by atoms with van der Waals surface area (Å²) in [6.07, 6.45) is 8.52. The van der Waals surface area contributed by atoms with Crippen LogP contribution in [-0.2, 0) is 40.4 Å². The van der Waals surface area contributed by atoms with E-state index in [0.29, 0.717) is 55.0 Å². The molecule has 5 bridgehead atoms. The minimum absolute atomic E-state index is 0.0850. The molecule has 5 aliphatic rings. The Hall–Kier alpha value is -3.94. The number of ketones is 1. The third-order valence-electron chi connectivity index (χ3n) is 12.7. The second kappa shape index (κ2) is 16.1. The predicted molar refractivity (Wildman–Crippen MR) is 208 cm³/mol. The molecule has 2 aromatic rings. The molecule has 2 aliphatic carbocycles. The summed E-state index contributed by atoms with van der Waals surface area (Å²) in [5.41, 5.74) is 0.0971. The molecule has 0 spiro atoms. The van der Waals surface area contributed by atoms with E-state index in [0.717, 1.165) is 62.3 Å². The van der Waals surface area contributed by atoms with Gasteiger partial charge in [0.1, 0.15) is 17.6 Å². The number of methoxy groups -OCH3 is 2. The Bertz CT molecular complexity index is 1960. The van der Waals surface area contributed by atoms with E-state index in [1.54, 1.807) is 18.1 Å². The topological polar surface area (TPSA) is 167 Å². The number of esters is 1. The van der Waals surface area contributed by atoms with Gasteiger partial charge in [-0.15, -0.1) is 0 Å². The van der Waals surface area contributed by atoms with Crippen molar-refractivity contribution in [1.29, 1.82) is 0 Å². The van der Waals surface area contributed by atoms with Gasteiger partial charge in [-0.1, -0.05) is 46.0 Å². The Morgan fingerprint density at radius 2 is 1.71 bits per heavy atom. The molecule has 2 amide bonds. The summed E-state index contributed by atoms with van der Waals surface area (Å²) in [5.74, 6) is -0.996. The number of hydrogen-bond acceptors (Lipinski definition) is 11. The Morgan fingerprint density at radius 1 is 0.964 bits per heavy atom. The second-order valence-electron chi connectivity index (χ2n) is 17.6. The molecule has 14 heteroatoms. The van der Waals surface area contributed by atoms with E-state index in [4.69, 9.17) is 18.9 Å². The predicted octanol–water partition coefficient (Wildman–Crippen LogP) is 5.83. The zero-order valence-corrected chi connectivity index (χ0v) is 34.0. The normalized spacial score (nSPS) is 29.2. The fourth-order valence-electron chi connectivity index (χ4n) is 9.12. The maximum Gasteiger partial charge on any atom is 0.306 e. The molecule has 2 saturated carbocycles. The molecule has 4 heterocycles. The molecule has 0 radical (unpaired) electrons. The van der Waals surface area contributed by atoms with Crippen LogP contribution < -0.4 is 18.9 Å². The summed E-state index contributed by atoms with van der Waals surface area (Å²) in [6.45, 7) is 4.42. The van der Waals surface area contributed by atoms with Gasteiger partial charge in [-0.05, 0) is 74.3 Å². The fourth-order valence-corrected chi connectivity index (χ4v) is 10.5. The number of aryl methyl sites for hydroxylation is 1. The standard InChI is InChI=1S/C42H57N3O10S/c1-41(2)16-10-12-26-17-31-32(20-35(26)52-3)43-37(53-4)21-36(31)55-29-19-33-34(46)23-42(40(49)44-56(50,51)30-14-15-30)22-28(42)13-9-7-5-6-8-11-27(18-38(47)54-25-41)39(48)45(33)24-29/h17,20-21,27-30,33H,5-16,18-19,22-25H2,1-4H3,(H,44,49)/t27-,28+,29-,33+,42-/m1/s1. The lowest BCUT2D eigenvalue weighted by atomic mass is 9.87. The third-order valence-corrected chi connectivity index (χ3v) is 14.6. The number of carbonyl (C=O) groups is 4. The van der Waals surface area contributed by atoms with Crippen LogP contribution in [0, 0.1) is 22.7 Å². The highest BCUT2D eigenvalue weighted by Gasteiger charge is 2.62. The van der Waals surface area contributed by atoms with Crippen LogP contribution in [0.25, 0.3) is 10.9 Å². The second-order valence-corrected chi connectivity index (χ2v) is 19.6. The molecule has 1 aromatic heterocycles. The molecule has 4 fully saturated rings. The maximum absolute atomic E-state index is 14.7. The molecule has 1 aromatic carbocycles. The molecular weight excluding hydrogens is 739 g/mol. The minimum atomic E-state index is -3.82. The molecule has 3 aliphatic heterocycles. The first-order chi connectivity index (χ1) is 26.7. The number of aromatic nitrogens is 1. The van der Waals surface area contributed by atoms with Gasteiger partial charge < -0.3 is 23.8 Å². The summed E-state index contributed by atoms with van der Waals surface area (Å²) in [4.78, 5) is 62.9. The van der Waals surface area contributed by atoms with Crippen molar-refractivity contribution < 1.29 is 46.5 Å². The number of amides is 2. The van der Waals surface area contributed by atoms with Gasteiger partial charge in [0.2, 0.25) is 27.7 Å². The number of cyclic esters (lactones) is 1. The van der Waals surface area contributed by atoms with Gasteiger partial charge >= 0.3 is 5.97 Å². The number of hydrogen-bond donors (Lipinski definition) is 1. The van der Waals surface area contributed by atoms with Crippen LogP contribution in [0.4, 0.5) is 0 Å². The molecule has 13 nitrogen and oxygen atoms in total. The molecular formula is C42H57N3O10S. The van der Waals surface area contributed by atoms with Gasteiger partial charge in [0.15, 0.2) is 5.78 Å². The first-order valence-electron chi connectivity index (χ1n) is 20.5. The summed E-state index contributed by atoms with van der Waals surface area (Å²) < 4.78 is 52.1. The largest absolute Gasteiger partial charge is 0.496 e. The monoisotopic (exact) mass is 795 g/mol. The fraction of sp³-hybridized carbons (Fsp3) is 0.690. The van der Waals surface area contributed by atoms with Gasteiger partial charge in [-0.2, -0.15) is 0 Å².